The maximum Gasteiger partial charge on any atom is 0.403 e. The number of likely N-dealkylation sites (tertiary alicyclic amines) is 1. The zero-order chi connectivity index (χ0) is 27.5. The summed E-state index contributed by atoms with van der Waals surface area (Å²) in [7, 11) is -4.24. The molecule has 1 N–H and O–H groups in total. The Balaban J connectivity index is 1.43. The lowest BCUT2D eigenvalue weighted by molar-refractivity contribution is -0.199. The van der Waals surface area contributed by atoms with E-state index in [1.165, 1.54) is 12.1 Å². The summed E-state index contributed by atoms with van der Waals surface area (Å²) >= 11 is 6.38. The van der Waals surface area contributed by atoms with E-state index in [1.807, 2.05) is 11.0 Å². The molecule has 2 aliphatic carbocycles. The number of ether oxygens (including phenoxy) is 1. The van der Waals surface area contributed by atoms with E-state index >= 15 is 0 Å². The highest BCUT2D eigenvalue weighted by molar-refractivity contribution is 7.92. The maximum atomic E-state index is 13.8. The summed E-state index contributed by atoms with van der Waals surface area (Å²) < 4.78 is 73.9. The fraction of sp³-hybridized carbons (Fsp3) is 0.625. The second-order valence-electron chi connectivity index (χ2n) is 10.4. The number of nitriles is 1. The van der Waals surface area contributed by atoms with Crippen molar-refractivity contribution in [1.82, 2.24) is 10.2 Å². The molecule has 2 heterocycles. The van der Waals surface area contributed by atoms with Crippen LogP contribution in [0.1, 0.15) is 32.1 Å². The van der Waals surface area contributed by atoms with Crippen molar-refractivity contribution in [2.75, 3.05) is 37.7 Å². The van der Waals surface area contributed by atoms with E-state index in [1.54, 1.807) is 6.07 Å². The molecule has 4 fully saturated rings. The van der Waals surface area contributed by atoms with E-state index in [4.69, 9.17) is 16.3 Å². The molecule has 206 valence electrons. The third-order valence-electron chi connectivity index (χ3n) is 7.89. The average Bonchev–Trinajstić information content (AvgIpc) is 3.80. The molecule has 14 heteroatoms. The molecule has 0 aromatic heterocycles. The van der Waals surface area contributed by atoms with Gasteiger partial charge in [0.05, 0.1) is 34.5 Å². The minimum Gasteiger partial charge on any atom is -0.378 e. The monoisotopic (exact) mass is 574 g/mol. The predicted octanol–water partition coefficient (Wildman–Crippen LogP) is 2.43. The van der Waals surface area contributed by atoms with Crippen LogP contribution in [0.4, 0.5) is 18.9 Å². The van der Waals surface area contributed by atoms with Crippen molar-refractivity contribution >= 4 is 38.9 Å². The Morgan fingerprint density at radius 3 is 2.34 bits per heavy atom. The summed E-state index contributed by atoms with van der Waals surface area (Å²) in [5, 5.41) is 10.4. The molecule has 2 saturated heterocycles. The first kappa shape index (κ1) is 27.0. The summed E-state index contributed by atoms with van der Waals surface area (Å²) in [6.07, 6.45) is -5.34. The van der Waals surface area contributed by atoms with Crippen LogP contribution in [0, 0.1) is 16.7 Å². The Labute approximate surface area is 222 Å². The van der Waals surface area contributed by atoms with Crippen molar-refractivity contribution in [3.63, 3.8) is 0 Å². The van der Waals surface area contributed by atoms with Crippen molar-refractivity contribution in [2.45, 2.75) is 60.0 Å². The number of hydrogen-bond donors (Lipinski definition) is 1. The summed E-state index contributed by atoms with van der Waals surface area (Å²) in [6.45, 7) is 1.64. The highest BCUT2D eigenvalue weighted by atomic mass is 35.5. The van der Waals surface area contributed by atoms with Crippen molar-refractivity contribution in [3.8, 4) is 6.07 Å². The standard InChI is InChI=1S/C24H26ClF3N4O5S/c25-17-11-15(31-7-9-37-10-8-31)1-2-19(17)38(35,36)16-12-18(20(33)30-22(14-29)3-4-22)32(13-16)21(34)23(5-6-23)24(26,27)28/h1-2,11,16,18H,3-10,12-13H2,(H,30,33)/t16-,18+/m1/s1. The van der Waals surface area contributed by atoms with E-state index in [9.17, 15) is 36.4 Å². The molecule has 2 atom stereocenters. The van der Waals surface area contributed by atoms with E-state index in [0.29, 0.717) is 44.8 Å². The van der Waals surface area contributed by atoms with Crippen LogP contribution < -0.4 is 10.2 Å². The molecule has 0 radical (unpaired) electrons. The van der Waals surface area contributed by atoms with Crippen molar-refractivity contribution in [1.29, 1.82) is 5.26 Å². The zero-order valence-corrected chi connectivity index (χ0v) is 21.8. The van der Waals surface area contributed by atoms with Gasteiger partial charge in [0, 0.05) is 25.3 Å². The molecule has 1 aromatic rings. The van der Waals surface area contributed by atoms with Crippen molar-refractivity contribution in [2.24, 2.45) is 5.41 Å². The molecule has 0 spiro atoms. The summed E-state index contributed by atoms with van der Waals surface area (Å²) in [5.74, 6) is -2.14. The number of sulfone groups is 1. The number of amides is 2. The molecular weight excluding hydrogens is 549 g/mol. The lowest BCUT2D eigenvalue weighted by atomic mass is 10.0. The lowest BCUT2D eigenvalue weighted by Gasteiger charge is -2.29. The van der Waals surface area contributed by atoms with Crippen LogP contribution >= 0.6 is 11.6 Å². The Morgan fingerprint density at radius 1 is 1.16 bits per heavy atom. The Morgan fingerprint density at radius 2 is 1.82 bits per heavy atom. The minimum atomic E-state index is -4.83. The summed E-state index contributed by atoms with van der Waals surface area (Å²) in [6, 6.07) is 4.95. The van der Waals surface area contributed by atoms with Crippen LogP contribution in [0.3, 0.4) is 0 Å². The van der Waals surface area contributed by atoms with Gasteiger partial charge in [-0.1, -0.05) is 11.6 Å². The Hall–Kier alpha value is -2.56. The number of carbonyl (C=O) groups is 2. The van der Waals surface area contributed by atoms with Gasteiger partial charge in [0.2, 0.25) is 11.8 Å². The number of anilines is 1. The number of alkyl halides is 3. The van der Waals surface area contributed by atoms with Crippen LogP contribution in [-0.4, -0.2) is 81.0 Å². The topological polar surface area (TPSA) is 120 Å². The second kappa shape index (κ2) is 9.27. The first-order valence-electron chi connectivity index (χ1n) is 12.3. The van der Waals surface area contributed by atoms with Gasteiger partial charge >= 0.3 is 6.18 Å². The number of halogens is 4. The van der Waals surface area contributed by atoms with E-state index in [-0.39, 0.29) is 9.92 Å². The SMILES string of the molecule is N#CC1(NC(=O)[C@@H]2C[C@@H](S(=O)(=O)c3ccc(N4CCOCC4)cc3Cl)CN2C(=O)C2(C(F)(F)F)CC2)CC1. The van der Waals surface area contributed by atoms with Crippen LogP contribution in [0.15, 0.2) is 23.1 Å². The number of rotatable bonds is 6. The van der Waals surface area contributed by atoms with Crippen LogP contribution in [0.5, 0.6) is 0 Å². The van der Waals surface area contributed by atoms with E-state index < -0.39 is 75.9 Å². The number of nitrogens with one attached hydrogen (secondary N) is 1. The molecule has 4 aliphatic rings. The molecule has 9 nitrogen and oxygen atoms in total. The van der Waals surface area contributed by atoms with Crippen LogP contribution in [-0.2, 0) is 24.2 Å². The van der Waals surface area contributed by atoms with Crippen molar-refractivity contribution in [3.05, 3.63) is 23.2 Å². The van der Waals surface area contributed by atoms with Gasteiger partial charge in [-0.25, -0.2) is 8.42 Å². The number of carbonyl (C=O) groups excluding carboxylic acids is 2. The average molecular weight is 575 g/mol. The van der Waals surface area contributed by atoms with Gasteiger partial charge in [-0.05, 0) is 50.3 Å². The molecule has 2 aliphatic heterocycles. The first-order chi connectivity index (χ1) is 17.8. The number of hydrogen-bond acceptors (Lipinski definition) is 7. The molecule has 5 rings (SSSR count). The van der Waals surface area contributed by atoms with Gasteiger partial charge in [-0.2, -0.15) is 18.4 Å². The smallest absolute Gasteiger partial charge is 0.378 e. The van der Waals surface area contributed by atoms with Gasteiger partial charge in [-0.15, -0.1) is 0 Å². The molecule has 0 unspecified atom stereocenters. The number of morpholine rings is 1. The summed E-state index contributed by atoms with van der Waals surface area (Å²) in [4.78, 5) is 28.8. The Kier molecular flexibility index (Phi) is 6.60. The lowest BCUT2D eigenvalue weighted by Crippen LogP contribution is -2.53. The van der Waals surface area contributed by atoms with Crippen LogP contribution in [0.25, 0.3) is 0 Å². The van der Waals surface area contributed by atoms with E-state index in [0.717, 1.165) is 4.90 Å². The molecule has 2 saturated carbocycles. The molecule has 0 bridgehead atoms. The second-order valence-corrected chi connectivity index (χ2v) is 13.0. The van der Waals surface area contributed by atoms with Gasteiger partial charge < -0.3 is 19.9 Å². The largest absolute Gasteiger partial charge is 0.403 e. The van der Waals surface area contributed by atoms with Crippen LogP contribution in [0.2, 0.25) is 5.02 Å². The maximum absolute atomic E-state index is 13.8. The fourth-order valence-corrected chi connectivity index (χ4v) is 7.38. The Bertz CT molecular complexity index is 1300. The van der Waals surface area contributed by atoms with E-state index in [2.05, 4.69) is 5.32 Å². The quantitative estimate of drug-likeness (QED) is 0.554. The third-order valence-corrected chi connectivity index (χ3v) is 10.5. The predicted molar refractivity (Wildman–Crippen MR) is 129 cm³/mol. The number of benzene rings is 1. The highest BCUT2D eigenvalue weighted by Crippen LogP contribution is 2.59. The summed E-state index contributed by atoms with van der Waals surface area (Å²) in [5.41, 5.74) is -3.05. The minimum absolute atomic E-state index is 0.0601. The van der Waals surface area contributed by atoms with Gasteiger partial charge in [0.1, 0.15) is 17.0 Å². The van der Waals surface area contributed by atoms with Gasteiger partial charge in [-0.3, -0.25) is 9.59 Å². The third kappa shape index (κ3) is 4.60. The molecule has 1 aromatic carbocycles. The molecular formula is C24H26ClF3N4O5S. The molecule has 2 amide bonds. The first-order valence-corrected chi connectivity index (χ1v) is 14.2. The normalized spacial score (nSPS) is 26.0. The molecule has 38 heavy (non-hydrogen) atoms. The number of nitrogens with zero attached hydrogens (tertiary/aromatic N) is 3. The van der Waals surface area contributed by atoms with Gasteiger partial charge in [0.15, 0.2) is 9.84 Å². The highest BCUT2D eigenvalue weighted by Gasteiger charge is 2.70. The van der Waals surface area contributed by atoms with Crippen molar-refractivity contribution < 1.29 is 35.9 Å². The zero-order valence-electron chi connectivity index (χ0n) is 20.3. The van der Waals surface area contributed by atoms with Gasteiger partial charge in [0.25, 0.3) is 0 Å². The fourth-order valence-electron chi connectivity index (χ4n) is 5.14.